The zero-order valence-electron chi connectivity index (χ0n) is 9.54. The second kappa shape index (κ2) is 3.76. The minimum absolute atomic E-state index is 0.222. The van der Waals surface area contributed by atoms with Gasteiger partial charge in [-0.1, -0.05) is 6.07 Å². The van der Waals surface area contributed by atoms with Crippen LogP contribution in [0.3, 0.4) is 0 Å². The normalized spacial score (nSPS) is 11.0. The van der Waals surface area contributed by atoms with Crippen LogP contribution in [0.15, 0.2) is 41.5 Å². The summed E-state index contributed by atoms with van der Waals surface area (Å²) in [6.07, 6.45) is 3.25. The Labute approximate surface area is 101 Å². The van der Waals surface area contributed by atoms with Crippen molar-refractivity contribution < 1.29 is 4.39 Å². The standard InChI is InChI=1S/C12H9FN4O/c1-8-14-15-11-12(18)17(6-5-16(8)11)10-4-2-3-9(13)7-10/h2-7H,1H3. The predicted molar refractivity (Wildman–Crippen MR) is 63.3 cm³/mol. The highest BCUT2D eigenvalue weighted by Crippen LogP contribution is 2.08. The molecule has 2 aromatic heterocycles. The molecule has 0 saturated heterocycles. The number of halogens is 1. The first-order chi connectivity index (χ1) is 8.66. The number of nitrogens with zero attached hydrogens (tertiary/aromatic N) is 4. The number of benzene rings is 1. The van der Waals surface area contributed by atoms with Crippen molar-refractivity contribution in [1.29, 1.82) is 0 Å². The Morgan fingerprint density at radius 1 is 1.22 bits per heavy atom. The molecular formula is C12H9FN4O. The molecule has 5 nitrogen and oxygen atoms in total. The Morgan fingerprint density at radius 2 is 2.06 bits per heavy atom. The molecule has 1 aromatic carbocycles. The zero-order chi connectivity index (χ0) is 12.7. The van der Waals surface area contributed by atoms with Crippen LogP contribution in [0.1, 0.15) is 5.82 Å². The second-order valence-electron chi connectivity index (χ2n) is 3.89. The average molecular weight is 244 g/mol. The number of aromatic nitrogens is 4. The fourth-order valence-electron chi connectivity index (χ4n) is 1.83. The molecule has 2 heterocycles. The smallest absolute Gasteiger partial charge is 0.281 e. The summed E-state index contributed by atoms with van der Waals surface area (Å²) in [5.41, 5.74) is 0.353. The fraction of sp³-hybridized carbons (Fsp3) is 0.0833. The summed E-state index contributed by atoms with van der Waals surface area (Å²) < 4.78 is 16.1. The summed E-state index contributed by atoms with van der Waals surface area (Å²) in [6, 6.07) is 5.83. The van der Waals surface area contributed by atoms with Gasteiger partial charge < -0.3 is 0 Å². The summed E-state index contributed by atoms with van der Waals surface area (Å²) in [5, 5.41) is 7.65. The van der Waals surface area contributed by atoms with E-state index in [2.05, 4.69) is 10.2 Å². The van der Waals surface area contributed by atoms with Crippen LogP contribution in [-0.2, 0) is 0 Å². The quantitative estimate of drug-likeness (QED) is 0.649. The van der Waals surface area contributed by atoms with Crippen molar-refractivity contribution in [1.82, 2.24) is 19.2 Å². The Balaban J connectivity index is 2.31. The number of rotatable bonds is 1. The van der Waals surface area contributed by atoms with Gasteiger partial charge in [-0.05, 0) is 25.1 Å². The summed E-state index contributed by atoms with van der Waals surface area (Å²) in [7, 11) is 0. The average Bonchev–Trinajstić information content (AvgIpc) is 2.73. The Hall–Kier alpha value is -2.50. The molecule has 0 bridgehead atoms. The molecule has 0 aliphatic carbocycles. The third kappa shape index (κ3) is 1.50. The number of aryl methyl sites for hydroxylation is 1. The molecule has 0 saturated carbocycles. The first-order valence-corrected chi connectivity index (χ1v) is 5.36. The maximum absolute atomic E-state index is 13.2. The lowest BCUT2D eigenvalue weighted by molar-refractivity contribution is 0.626. The van der Waals surface area contributed by atoms with Gasteiger partial charge in [0.05, 0.1) is 5.69 Å². The lowest BCUT2D eigenvalue weighted by atomic mass is 10.3. The van der Waals surface area contributed by atoms with Gasteiger partial charge in [0, 0.05) is 12.4 Å². The van der Waals surface area contributed by atoms with Crippen molar-refractivity contribution in [2.45, 2.75) is 6.92 Å². The maximum Gasteiger partial charge on any atom is 0.300 e. The predicted octanol–water partition coefficient (Wildman–Crippen LogP) is 1.33. The number of fused-ring (bicyclic) bond motifs is 1. The minimum atomic E-state index is -0.392. The van der Waals surface area contributed by atoms with Crippen molar-refractivity contribution in [3.05, 3.63) is 58.7 Å². The highest BCUT2D eigenvalue weighted by molar-refractivity contribution is 5.40. The fourth-order valence-corrected chi connectivity index (χ4v) is 1.83. The number of hydrogen-bond acceptors (Lipinski definition) is 3. The molecule has 0 aliphatic heterocycles. The van der Waals surface area contributed by atoms with Gasteiger partial charge in [-0.3, -0.25) is 13.8 Å². The molecule has 0 N–H and O–H groups in total. The van der Waals surface area contributed by atoms with E-state index in [1.807, 2.05) is 0 Å². The van der Waals surface area contributed by atoms with Crippen LogP contribution < -0.4 is 5.56 Å². The Bertz CT molecular complexity index is 790. The van der Waals surface area contributed by atoms with Crippen molar-refractivity contribution in [2.75, 3.05) is 0 Å². The molecule has 90 valence electrons. The van der Waals surface area contributed by atoms with Gasteiger partial charge in [0.2, 0.25) is 5.65 Å². The van der Waals surface area contributed by atoms with Crippen molar-refractivity contribution in [2.24, 2.45) is 0 Å². The topological polar surface area (TPSA) is 52.2 Å². The van der Waals surface area contributed by atoms with Crippen molar-refractivity contribution in [3.8, 4) is 5.69 Å². The van der Waals surface area contributed by atoms with Gasteiger partial charge in [0.25, 0.3) is 0 Å². The molecule has 0 atom stereocenters. The van der Waals surface area contributed by atoms with Crippen LogP contribution in [0.5, 0.6) is 0 Å². The lowest BCUT2D eigenvalue weighted by Crippen LogP contribution is -2.20. The summed E-state index contributed by atoms with van der Waals surface area (Å²) in [6.45, 7) is 1.76. The molecule has 0 radical (unpaired) electrons. The van der Waals surface area contributed by atoms with E-state index >= 15 is 0 Å². The SMILES string of the molecule is Cc1nnc2c(=O)n(-c3cccc(F)c3)ccn12. The highest BCUT2D eigenvalue weighted by Gasteiger charge is 2.09. The molecule has 0 amide bonds. The van der Waals surface area contributed by atoms with Gasteiger partial charge in [0.15, 0.2) is 0 Å². The molecule has 0 fully saturated rings. The van der Waals surface area contributed by atoms with E-state index in [1.54, 1.807) is 35.9 Å². The molecular weight excluding hydrogens is 235 g/mol. The van der Waals surface area contributed by atoms with E-state index < -0.39 is 5.82 Å². The van der Waals surface area contributed by atoms with Crippen molar-refractivity contribution >= 4 is 5.65 Å². The van der Waals surface area contributed by atoms with E-state index in [0.717, 1.165) is 0 Å². The molecule has 3 rings (SSSR count). The van der Waals surface area contributed by atoms with E-state index in [0.29, 0.717) is 11.5 Å². The van der Waals surface area contributed by atoms with Crippen LogP contribution >= 0.6 is 0 Å². The first kappa shape index (κ1) is 10.6. The van der Waals surface area contributed by atoms with E-state index in [-0.39, 0.29) is 11.2 Å². The zero-order valence-corrected chi connectivity index (χ0v) is 9.54. The first-order valence-electron chi connectivity index (χ1n) is 5.36. The van der Waals surface area contributed by atoms with Crippen LogP contribution in [0.4, 0.5) is 4.39 Å². The molecule has 0 unspecified atom stereocenters. The van der Waals surface area contributed by atoms with E-state index in [4.69, 9.17) is 0 Å². The molecule has 3 aromatic rings. The van der Waals surface area contributed by atoms with Crippen LogP contribution in [-0.4, -0.2) is 19.2 Å². The number of hydrogen-bond donors (Lipinski definition) is 0. The van der Waals surface area contributed by atoms with Crippen molar-refractivity contribution in [3.63, 3.8) is 0 Å². The monoisotopic (exact) mass is 244 g/mol. The second-order valence-corrected chi connectivity index (χ2v) is 3.89. The van der Waals surface area contributed by atoms with Crippen LogP contribution in [0, 0.1) is 12.7 Å². The minimum Gasteiger partial charge on any atom is -0.281 e. The van der Waals surface area contributed by atoms with Crippen LogP contribution in [0.2, 0.25) is 0 Å². The van der Waals surface area contributed by atoms with Crippen LogP contribution in [0.25, 0.3) is 11.3 Å². The summed E-state index contributed by atoms with van der Waals surface area (Å²) in [4.78, 5) is 12.2. The largest absolute Gasteiger partial charge is 0.300 e. The lowest BCUT2D eigenvalue weighted by Gasteiger charge is -2.05. The Morgan fingerprint density at radius 3 is 2.83 bits per heavy atom. The highest BCUT2D eigenvalue weighted by atomic mass is 19.1. The van der Waals surface area contributed by atoms with E-state index in [9.17, 15) is 9.18 Å². The van der Waals surface area contributed by atoms with Gasteiger partial charge in [-0.25, -0.2) is 4.39 Å². The van der Waals surface area contributed by atoms with Gasteiger partial charge in [-0.15, -0.1) is 10.2 Å². The van der Waals surface area contributed by atoms with Gasteiger partial charge in [-0.2, -0.15) is 0 Å². The summed E-state index contributed by atoms with van der Waals surface area (Å²) >= 11 is 0. The third-order valence-corrected chi connectivity index (χ3v) is 2.73. The molecule has 6 heteroatoms. The van der Waals surface area contributed by atoms with E-state index in [1.165, 1.54) is 16.7 Å². The molecule has 0 aliphatic rings. The third-order valence-electron chi connectivity index (χ3n) is 2.73. The summed E-state index contributed by atoms with van der Waals surface area (Å²) in [5.74, 6) is 0.241. The van der Waals surface area contributed by atoms with Gasteiger partial charge >= 0.3 is 5.56 Å². The molecule has 18 heavy (non-hydrogen) atoms. The molecule has 0 spiro atoms. The van der Waals surface area contributed by atoms with Gasteiger partial charge in [0.1, 0.15) is 11.6 Å². The maximum atomic E-state index is 13.2. The Kier molecular flexibility index (Phi) is 2.22.